The zero-order chi connectivity index (χ0) is 23.5. The molecule has 0 aliphatic carbocycles. The van der Waals surface area contributed by atoms with E-state index in [9.17, 15) is 14.7 Å². The second kappa shape index (κ2) is 9.27. The van der Waals surface area contributed by atoms with E-state index in [1.807, 2.05) is 48.5 Å². The van der Waals surface area contributed by atoms with Gasteiger partial charge in [0, 0.05) is 56.1 Å². The van der Waals surface area contributed by atoms with Crippen LogP contribution >= 0.6 is 0 Å². The third-order valence-corrected chi connectivity index (χ3v) is 5.81. The van der Waals surface area contributed by atoms with Crippen molar-refractivity contribution >= 4 is 22.7 Å². The molecule has 1 aliphatic rings. The van der Waals surface area contributed by atoms with Gasteiger partial charge in [-0.15, -0.1) is 0 Å². The number of carbonyl (C=O) groups is 1. The minimum Gasteiger partial charge on any atom is -0.507 e. The number of hydrogen-bond donors (Lipinski definition) is 1. The second-order valence-electron chi connectivity index (χ2n) is 8.00. The number of aromatic nitrogens is 1. The highest BCUT2D eigenvalue weighted by Gasteiger charge is 2.22. The Labute approximate surface area is 195 Å². The quantitative estimate of drug-likeness (QED) is 0.491. The standard InChI is InChI=1S/C26H23N3O5/c30-20-14-19(15-23-26(20)21(31)16-22(34-23)18-6-2-1-3-7-18)33-17-25(32)29-12-10-28(11-13-29)24-8-4-5-9-27-24/h1-9,14-16,30H,10-13,17H2. The SMILES string of the molecule is O=C(COc1cc(O)c2c(=O)cc(-c3ccccc3)oc2c1)N1CCN(c2ccccn2)CC1. The molecule has 5 rings (SSSR count). The highest BCUT2D eigenvalue weighted by Crippen LogP contribution is 2.31. The first-order valence-corrected chi connectivity index (χ1v) is 11.0. The average molecular weight is 457 g/mol. The molecule has 0 unspecified atom stereocenters. The minimum atomic E-state index is -0.356. The molecule has 172 valence electrons. The lowest BCUT2D eigenvalue weighted by Crippen LogP contribution is -2.50. The van der Waals surface area contributed by atoms with Gasteiger partial charge in [0.05, 0.1) is 0 Å². The van der Waals surface area contributed by atoms with Gasteiger partial charge in [0.1, 0.15) is 34.0 Å². The first-order chi connectivity index (χ1) is 16.6. The lowest BCUT2D eigenvalue weighted by Gasteiger charge is -2.35. The van der Waals surface area contributed by atoms with Crippen LogP contribution in [-0.4, -0.2) is 53.7 Å². The van der Waals surface area contributed by atoms with Gasteiger partial charge in [-0.05, 0) is 12.1 Å². The smallest absolute Gasteiger partial charge is 0.260 e. The van der Waals surface area contributed by atoms with E-state index in [-0.39, 0.29) is 40.4 Å². The molecule has 0 spiro atoms. The third kappa shape index (κ3) is 4.43. The van der Waals surface area contributed by atoms with E-state index >= 15 is 0 Å². The molecular weight excluding hydrogens is 434 g/mol. The number of fused-ring (bicyclic) bond motifs is 1. The maximum atomic E-state index is 12.7. The van der Waals surface area contributed by atoms with Crippen molar-refractivity contribution in [2.45, 2.75) is 0 Å². The van der Waals surface area contributed by atoms with Crippen molar-refractivity contribution in [1.82, 2.24) is 9.88 Å². The Morgan fingerprint density at radius 2 is 1.76 bits per heavy atom. The number of nitrogens with zero attached hydrogens (tertiary/aromatic N) is 3. The average Bonchev–Trinajstić information content (AvgIpc) is 2.88. The molecule has 1 N–H and O–H groups in total. The van der Waals surface area contributed by atoms with E-state index in [1.54, 1.807) is 11.1 Å². The van der Waals surface area contributed by atoms with Crippen LogP contribution in [0.4, 0.5) is 5.82 Å². The normalized spacial score (nSPS) is 13.8. The van der Waals surface area contributed by atoms with Crippen molar-refractivity contribution in [2.24, 2.45) is 0 Å². The van der Waals surface area contributed by atoms with E-state index in [2.05, 4.69) is 9.88 Å². The van der Waals surface area contributed by atoms with Crippen LogP contribution < -0.4 is 15.1 Å². The summed E-state index contributed by atoms with van der Waals surface area (Å²) in [6, 6.07) is 19.2. The maximum absolute atomic E-state index is 12.7. The molecule has 3 heterocycles. The number of hydrogen-bond acceptors (Lipinski definition) is 7. The summed E-state index contributed by atoms with van der Waals surface area (Å²) < 4.78 is 11.5. The summed E-state index contributed by atoms with van der Waals surface area (Å²) in [6.45, 7) is 2.32. The van der Waals surface area contributed by atoms with E-state index in [0.717, 1.165) is 11.4 Å². The van der Waals surface area contributed by atoms with E-state index < -0.39 is 0 Å². The van der Waals surface area contributed by atoms with Crippen molar-refractivity contribution < 1.29 is 19.1 Å². The summed E-state index contributed by atoms with van der Waals surface area (Å²) in [5.41, 5.74) is 0.580. The van der Waals surface area contributed by atoms with Crippen LogP contribution in [0.3, 0.4) is 0 Å². The van der Waals surface area contributed by atoms with Crippen molar-refractivity contribution in [3.8, 4) is 22.8 Å². The summed E-state index contributed by atoms with van der Waals surface area (Å²) in [5.74, 6) is 1.13. The zero-order valence-electron chi connectivity index (χ0n) is 18.4. The summed E-state index contributed by atoms with van der Waals surface area (Å²) in [4.78, 5) is 33.5. The Morgan fingerprint density at radius 1 is 1.00 bits per heavy atom. The molecule has 1 saturated heterocycles. The maximum Gasteiger partial charge on any atom is 0.260 e. The Hall–Kier alpha value is -4.33. The number of amides is 1. The van der Waals surface area contributed by atoms with E-state index in [1.165, 1.54) is 18.2 Å². The number of rotatable bonds is 5. The fourth-order valence-corrected chi connectivity index (χ4v) is 4.03. The number of carbonyl (C=O) groups excluding carboxylic acids is 1. The number of aromatic hydroxyl groups is 1. The Morgan fingerprint density at radius 3 is 2.50 bits per heavy atom. The summed E-state index contributed by atoms with van der Waals surface area (Å²) in [7, 11) is 0. The predicted molar refractivity (Wildman–Crippen MR) is 128 cm³/mol. The van der Waals surface area contributed by atoms with Crippen LogP contribution in [0.15, 0.2) is 82.1 Å². The van der Waals surface area contributed by atoms with Gasteiger partial charge in [-0.1, -0.05) is 36.4 Å². The number of ether oxygens (including phenoxy) is 1. The molecule has 1 amide bonds. The molecule has 0 bridgehead atoms. The van der Waals surface area contributed by atoms with Gasteiger partial charge in [0.2, 0.25) is 0 Å². The van der Waals surface area contributed by atoms with Gasteiger partial charge in [-0.3, -0.25) is 9.59 Å². The molecule has 2 aromatic heterocycles. The Balaban J connectivity index is 1.27. The van der Waals surface area contributed by atoms with Gasteiger partial charge in [-0.25, -0.2) is 4.98 Å². The number of anilines is 1. The molecule has 34 heavy (non-hydrogen) atoms. The lowest BCUT2D eigenvalue weighted by atomic mass is 10.1. The van der Waals surface area contributed by atoms with E-state index in [0.29, 0.717) is 31.9 Å². The molecule has 8 heteroatoms. The minimum absolute atomic E-state index is 0.0731. The van der Waals surface area contributed by atoms with Crippen LogP contribution in [0.5, 0.6) is 11.5 Å². The summed E-state index contributed by atoms with van der Waals surface area (Å²) in [5, 5.41) is 10.5. The molecule has 4 aromatic rings. The van der Waals surface area contributed by atoms with Crippen molar-refractivity contribution in [1.29, 1.82) is 0 Å². The van der Waals surface area contributed by atoms with Crippen LogP contribution in [0.2, 0.25) is 0 Å². The number of phenolic OH excluding ortho intramolecular Hbond substituents is 1. The number of piperazine rings is 1. The first-order valence-electron chi connectivity index (χ1n) is 11.0. The fourth-order valence-electron chi connectivity index (χ4n) is 4.03. The predicted octanol–water partition coefficient (Wildman–Crippen LogP) is 3.29. The number of benzene rings is 2. The van der Waals surface area contributed by atoms with Crippen molar-refractivity contribution in [3.63, 3.8) is 0 Å². The van der Waals surface area contributed by atoms with Gasteiger partial charge in [0.25, 0.3) is 5.91 Å². The van der Waals surface area contributed by atoms with Crippen molar-refractivity contribution in [3.05, 3.63) is 83.2 Å². The molecule has 2 aromatic carbocycles. The third-order valence-electron chi connectivity index (χ3n) is 5.81. The van der Waals surface area contributed by atoms with Gasteiger partial charge in [0.15, 0.2) is 12.0 Å². The van der Waals surface area contributed by atoms with Gasteiger partial charge < -0.3 is 24.1 Å². The fraction of sp³-hybridized carbons (Fsp3) is 0.192. The van der Waals surface area contributed by atoms with Gasteiger partial charge >= 0.3 is 0 Å². The second-order valence-corrected chi connectivity index (χ2v) is 8.00. The summed E-state index contributed by atoms with van der Waals surface area (Å²) in [6.07, 6.45) is 1.75. The molecule has 0 saturated carbocycles. The van der Waals surface area contributed by atoms with Crippen LogP contribution in [0.1, 0.15) is 0 Å². The Bertz CT molecular complexity index is 1360. The zero-order valence-corrected chi connectivity index (χ0v) is 18.4. The highest BCUT2D eigenvalue weighted by atomic mass is 16.5. The summed E-state index contributed by atoms with van der Waals surface area (Å²) >= 11 is 0. The number of pyridine rings is 1. The first kappa shape index (κ1) is 21.5. The van der Waals surface area contributed by atoms with Crippen LogP contribution in [0, 0.1) is 0 Å². The molecule has 8 nitrogen and oxygen atoms in total. The van der Waals surface area contributed by atoms with E-state index in [4.69, 9.17) is 9.15 Å². The molecule has 0 atom stereocenters. The molecular formula is C26H23N3O5. The molecule has 1 aliphatic heterocycles. The number of phenols is 1. The topological polar surface area (TPSA) is 96.1 Å². The molecule has 0 radical (unpaired) electrons. The lowest BCUT2D eigenvalue weighted by molar-refractivity contribution is -0.133. The Kier molecular flexibility index (Phi) is 5.86. The largest absolute Gasteiger partial charge is 0.507 e. The van der Waals surface area contributed by atoms with Crippen molar-refractivity contribution in [2.75, 3.05) is 37.7 Å². The van der Waals surface area contributed by atoms with Crippen LogP contribution in [-0.2, 0) is 4.79 Å². The van der Waals surface area contributed by atoms with Gasteiger partial charge in [-0.2, -0.15) is 0 Å². The molecule has 1 fully saturated rings. The highest BCUT2D eigenvalue weighted by molar-refractivity contribution is 5.86. The van der Waals surface area contributed by atoms with Crippen LogP contribution in [0.25, 0.3) is 22.3 Å². The monoisotopic (exact) mass is 457 g/mol.